The van der Waals surface area contributed by atoms with Gasteiger partial charge < -0.3 is 15.0 Å². The number of hydrogen-bond acceptors (Lipinski definition) is 3. The van der Waals surface area contributed by atoms with E-state index in [-0.39, 0.29) is 18.4 Å². The zero-order valence-electron chi connectivity index (χ0n) is 14.6. The van der Waals surface area contributed by atoms with E-state index in [0.29, 0.717) is 30.2 Å². The van der Waals surface area contributed by atoms with Crippen LogP contribution in [0.2, 0.25) is 5.02 Å². The van der Waals surface area contributed by atoms with E-state index in [1.807, 2.05) is 24.3 Å². The van der Waals surface area contributed by atoms with Gasteiger partial charge in [-0.2, -0.15) is 0 Å². The van der Waals surface area contributed by atoms with Gasteiger partial charge in [0.25, 0.3) is 5.91 Å². The van der Waals surface area contributed by atoms with E-state index < -0.39 is 0 Å². The molecule has 0 aliphatic carbocycles. The van der Waals surface area contributed by atoms with Crippen LogP contribution in [0.25, 0.3) is 0 Å². The molecule has 0 fully saturated rings. The van der Waals surface area contributed by atoms with Gasteiger partial charge in [-0.25, -0.2) is 0 Å². The number of halogens is 1. The topological polar surface area (TPSA) is 58.6 Å². The third-order valence-corrected chi connectivity index (χ3v) is 4.72. The van der Waals surface area contributed by atoms with E-state index in [0.717, 1.165) is 23.1 Å². The van der Waals surface area contributed by atoms with E-state index in [1.54, 1.807) is 23.1 Å². The minimum Gasteiger partial charge on any atom is -0.375 e. The summed E-state index contributed by atoms with van der Waals surface area (Å²) in [5.74, 6) is -0.122. The minimum absolute atomic E-state index is 0.0112. The van der Waals surface area contributed by atoms with E-state index in [2.05, 4.69) is 5.32 Å². The summed E-state index contributed by atoms with van der Waals surface area (Å²) >= 11 is 5.87. The van der Waals surface area contributed by atoms with Crippen LogP contribution >= 0.6 is 11.6 Å². The first-order valence-corrected chi connectivity index (χ1v) is 8.86. The van der Waals surface area contributed by atoms with Crippen molar-refractivity contribution in [2.45, 2.75) is 19.5 Å². The Morgan fingerprint density at radius 1 is 1.15 bits per heavy atom. The normalized spacial score (nSPS) is 13.2. The molecule has 0 unspecified atom stereocenters. The molecule has 0 radical (unpaired) electrons. The Kier molecular flexibility index (Phi) is 5.91. The van der Waals surface area contributed by atoms with Crippen LogP contribution in [0.3, 0.4) is 0 Å². The maximum Gasteiger partial charge on any atom is 0.251 e. The van der Waals surface area contributed by atoms with Crippen LogP contribution in [0.4, 0.5) is 0 Å². The largest absolute Gasteiger partial charge is 0.375 e. The highest BCUT2D eigenvalue weighted by atomic mass is 35.5. The van der Waals surface area contributed by atoms with Gasteiger partial charge in [0.05, 0.1) is 0 Å². The summed E-state index contributed by atoms with van der Waals surface area (Å²) in [6, 6.07) is 13.0. The number of nitrogens with one attached hydrogen (secondary N) is 1. The maximum absolute atomic E-state index is 12.4. The van der Waals surface area contributed by atoms with Crippen molar-refractivity contribution in [3.63, 3.8) is 0 Å². The molecule has 1 aliphatic rings. The molecule has 26 heavy (non-hydrogen) atoms. The van der Waals surface area contributed by atoms with Crippen molar-refractivity contribution in [2.75, 3.05) is 20.3 Å². The zero-order valence-corrected chi connectivity index (χ0v) is 15.4. The molecule has 1 heterocycles. The first kappa shape index (κ1) is 18.4. The molecule has 3 rings (SSSR count). The van der Waals surface area contributed by atoms with Gasteiger partial charge in [-0.1, -0.05) is 29.8 Å². The minimum atomic E-state index is -0.111. The van der Waals surface area contributed by atoms with Crippen molar-refractivity contribution in [3.8, 4) is 0 Å². The standard InChI is InChI=1S/C20H21ClN2O3/c1-26-13-19(24)23-9-8-15-10-16(4-5-17(15)12-23)20(25)22-11-14-2-6-18(21)7-3-14/h2-7,10H,8-9,11-13H2,1H3,(H,22,25). The van der Waals surface area contributed by atoms with E-state index >= 15 is 0 Å². The number of nitrogens with zero attached hydrogens (tertiary/aromatic N) is 1. The third-order valence-electron chi connectivity index (χ3n) is 4.47. The van der Waals surface area contributed by atoms with E-state index in [4.69, 9.17) is 16.3 Å². The van der Waals surface area contributed by atoms with Crippen molar-refractivity contribution in [1.82, 2.24) is 10.2 Å². The average molecular weight is 373 g/mol. The lowest BCUT2D eigenvalue weighted by atomic mass is 9.97. The Hall–Kier alpha value is -2.37. The number of rotatable bonds is 5. The summed E-state index contributed by atoms with van der Waals surface area (Å²) in [5, 5.41) is 3.60. The number of carbonyl (C=O) groups excluding carboxylic acids is 2. The summed E-state index contributed by atoms with van der Waals surface area (Å²) in [5.41, 5.74) is 3.82. The monoisotopic (exact) mass is 372 g/mol. The molecule has 0 atom stereocenters. The highest BCUT2D eigenvalue weighted by molar-refractivity contribution is 6.30. The predicted molar refractivity (Wildman–Crippen MR) is 100 cm³/mol. The molecule has 2 aromatic carbocycles. The molecule has 136 valence electrons. The molecule has 0 spiro atoms. The lowest BCUT2D eigenvalue weighted by Crippen LogP contribution is -2.38. The fourth-order valence-electron chi connectivity index (χ4n) is 3.01. The molecule has 1 aliphatic heterocycles. The summed E-state index contributed by atoms with van der Waals surface area (Å²) in [6.45, 7) is 1.75. The Balaban J connectivity index is 1.62. The number of carbonyl (C=O) groups is 2. The second kappa shape index (κ2) is 8.34. The predicted octanol–water partition coefficient (Wildman–Crippen LogP) is 2.80. The SMILES string of the molecule is COCC(=O)N1CCc2cc(C(=O)NCc3ccc(Cl)cc3)ccc2C1. The number of hydrogen-bond donors (Lipinski definition) is 1. The Labute approximate surface area is 157 Å². The number of methoxy groups -OCH3 is 1. The summed E-state index contributed by atoms with van der Waals surface area (Å²) < 4.78 is 4.91. The molecule has 0 bridgehead atoms. The maximum atomic E-state index is 12.4. The van der Waals surface area contributed by atoms with Gasteiger partial charge in [0, 0.05) is 37.3 Å². The number of ether oxygens (including phenoxy) is 1. The van der Waals surface area contributed by atoms with Crippen LogP contribution in [0.1, 0.15) is 27.0 Å². The highest BCUT2D eigenvalue weighted by Crippen LogP contribution is 2.21. The van der Waals surface area contributed by atoms with Crippen molar-refractivity contribution in [2.24, 2.45) is 0 Å². The van der Waals surface area contributed by atoms with Crippen molar-refractivity contribution in [1.29, 1.82) is 0 Å². The second-order valence-corrected chi connectivity index (χ2v) is 6.73. The molecular formula is C20H21ClN2O3. The van der Waals surface area contributed by atoms with Gasteiger partial charge in [-0.15, -0.1) is 0 Å². The number of fused-ring (bicyclic) bond motifs is 1. The third kappa shape index (κ3) is 4.42. The van der Waals surface area contributed by atoms with Crippen LogP contribution in [0, 0.1) is 0 Å². The van der Waals surface area contributed by atoms with Crippen LogP contribution in [-0.4, -0.2) is 37.0 Å². The van der Waals surface area contributed by atoms with E-state index in [9.17, 15) is 9.59 Å². The van der Waals surface area contributed by atoms with Crippen LogP contribution in [0.15, 0.2) is 42.5 Å². The zero-order chi connectivity index (χ0) is 18.5. The molecular weight excluding hydrogens is 352 g/mol. The van der Waals surface area contributed by atoms with Gasteiger partial charge in [0.1, 0.15) is 6.61 Å². The smallest absolute Gasteiger partial charge is 0.251 e. The number of benzene rings is 2. The Morgan fingerprint density at radius 3 is 2.65 bits per heavy atom. The molecule has 0 saturated carbocycles. The number of amides is 2. The van der Waals surface area contributed by atoms with Gasteiger partial charge in [0.15, 0.2) is 0 Å². The van der Waals surface area contributed by atoms with Crippen LogP contribution < -0.4 is 5.32 Å². The van der Waals surface area contributed by atoms with Gasteiger partial charge in [-0.3, -0.25) is 9.59 Å². The summed E-state index contributed by atoms with van der Waals surface area (Å²) in [6.07, 6.45) is 0.739. The van der Waals surface area contributed by atoms with Gasteiger partial charge >= 0.3 is 0 Å². The van der Waals surface area contributed by atoms with Crippen LogP contribution in [0.5, 0.6) is 0 Å². The fourth-order valence-corrected chi connectivity index (χ4v) is 3.13. The molecule has 5 nitrogen and oxygen atoms in total. The molecule has 0 aromatic heterocycles. The van der Waals surface area contributed by atoms with Crippen molar-refractivity contribution >= 4 is 23.4 Å². The summed E-state index contributed by atoms with van der Waals surface area (Å²) in [4.78, 5) is 26.1. The second-order valence-electron chi connectivity index (χ2n) is 6.29. The van der Waals surface area contributed by atoms with Crippen molar-refractivity contribution in [3.05, 3.63) is 69.7 Å². The molecule has 1 N–H and O–H groups in total. The molecule has 6 heteroatoms. The fraction of sp³-hybridized carbons (Fsp3) is 0.300. The highest BCUT2D eigenvalue weighted by Gasteiger charge is 2.21. The molecule has 0 saturated heterocycles. The van der Waals surface area contributed by atoms with E-state index in [1.165, 1.54) is 7.11 Å². The average Bonchev–Trinajstić information content (AvgIpc) is 2.66. The molecule has 2 amide bonds. The lowest BCUT2D eigenvalue weighted by molar-refractivity contribution is -0.136. The Bertz CT molecular complexity index is 805. The van der Waals surface area contributed by atoms with Crippen LogP contribution in [-0.2, 0) is 29.0 Å². The molecule has 2 aromatic rings. The van der Waals surface area contributed by atoms with Gasteiger partial charge in [-0.05, 0) is 47.4 Å². The van der Waals surface area contributed by atoms with Gasteiger partial charge in [0.2, 0.25) is 5.91 Å². The first-order valence-electron chi connectivity index (χ1n) is 8.48. The van der Waals surface area contributed by atoms with Crippen molar-refractivity contribution < 1.29 is 14.3 Å². The quantitative estimate of drug-likeness (QED) is 0.878. The first-order chi connectivity index (χ1) is 12.6. The Morgan fingerprint density at radius 2 is 1.92 bits per heavy atom. The lowest BCUT2D eigenvalue weighted by Gasteiger charge is -2.29. The summed E-state index contributed by atoms with van der Waals surface area (Å²) in [7, 11) is 1.52.